The molecule has 4 nitrogen and oxygen atoms in total. The number of rotatable bonds is 3. The van der Waals surface area contributed by atoms with Crippen LogP contribution >= 0.6 is 23.4 Å². The summed E-state index contributed by atoms with van der Waals surface area (Å²) < 4.78 is 11.0. The highest BCUT2D eigenvalue weighted by Gasteiger charge is 2.11. The van der Waals surface area contributed by atoms with Crippen molar-refractivity contribution in [3.8, 4) is 11.5 Å². The Morgan fingerprint density at radius 2 is 1.89 bits per heavy atom. The van der Waals surface area contributed by atoms with Gasteiger partial charge in [0.05, 0.1) is 5.69 Å². The smallest absolute Gasteiger partial charge is 0.162 e. The predicted molar refractivity (Wildman–Crippen MR) is 74.0 cm³/mol. The molecule has 98 valence electrons. The second-order valence-corrected chi connectivity index (χ2v) is 5.38. The Hall–Kier alpha value is -1.46. The van der Waals surface area contributed by atoms with Crippen LogP contribution in [0.1, 0.15) is 5.69 Å². The van der Waals surface area contributed by atoms with Crippen LogP contribution in [0, 0.1) is 0 Å². The third-order valence-electron chi connectivity index (χ3n) is 2.59. The lowest BCUT2D eigenvalue weighted by molar-refractivity contribution is 0.171. The molecule has 0 saturated heterocycles. The van der Waals surface area contributed by atoms with Gasteiger partial charge in [-0.05, 0) is 30.3 Å². The van der Waals surface area contributed by atoms with E-state index in [4.69, 9.17) is 21.1 Å². The predicted octanol–water partition coefficient (Wildman–Crippen LogP) is 3.19. The molecule has 1 aliphatic heterocycles. The number of halogens is 1. The van der Waals surface area contributed by atoms with Crippen molar-refractivity contribution in [2.24, 2.45) is 0 Å². The lowest BCUT2D eigenvalue weighted by Crippen LogP contribution is -2.15. The molecule has 0 atom stereocenters. The van der Waals surface area contributed by atoms with Crippen LogP contribution in [-0.2, 0) is 5.75 Å². The number of fused-ring (bicyclic) bond motifs is 1. The van der Waals surface area contributed by atoms with E-state index in [1.165, 1.54) is 0 Å². The molecule has 1 aliphatic rings. The van der Waals surface area contributed by atoms with Gasteiger partial charge in [-0.3, -0.25) is 0 Å². The van der Waals surface area contributed by atoms with Gasteiger partial charge in [0, 0.05) is 10.6 Å². The maximum absolute atomic E-state index is 5.70. The molecular formula is C13H11ClN2O2S. The average Bonchev–Trinajstić information content (AvgIpc) is 2.46. The van der Waals surface area contributed by atoms with Gasteiger partial charge in [-0.2, -0.15) is 5.10 Å². The minimum Gasteiger partial charge on any atom is -0.486 e. The normalized spacial score (nSPS) is 13.3. The zero-order chi connectivity index (χ0) is 13.1. The van der Waals surface area contributed by atoms with Crippen molar-refractivity contribution in [2.75, 3.05) is 13.2 Å². The standard InChI is InChI=1S/C13H11ClN2O2S/c14-13-4-1-9(15-16-13)8-19-10-2-3-11-12(7-10)18-6-5-17-11/h1-4,7H,5-6,8H2. The fraction of sp³-hybridized carbons (Fsp3) is 0.231. The van der Waals surface area contributed by atoms with Crippen LogP contribution in [0.3, 0.4) is 0 Å². The van der Waals surface area contributed by atoms with Crippen molar-refractivity contribution in [1.29, 1.82) is 0 Å². The van der Waals surface area contributed by atoms with E-state index >= 15 is 0 Å². The Kier molecular flexibility index (Phi) is 3.75. The van der Waals surface area contributed by atoms with Gasteiger partial charge >= 0.3 is 0 Å². The van der Waals surface area contributed by atoms with Crippen molar-refractivity contribution < 1.29 is 9.47 Å². The molecule has 0 aliphatic carbocycles. The molecule has 0 fully saturated rings. The van der Waals surface area contributed by atoms with E-state index in [1.807, 2.05) is 24.3 Å². The van der Waals surface area contributed by atoms with Gasteiger partial charge in [-0.25, -0.2) is 0 Å². The highest BCUT2D eigenvalue weighted by atomic mass is 35.5. The van der Waals surface area contributed by atoms with E-state index in [-0.39, 0.29) is 0 Å². The molecule has 0 bridgehead atoms. The van der Waals surface area contributed by atoms with Gasteiger partial charge in [-0.1, -0.05) is 11.6 Å². The van der Waals surface area contributed by atoms with Crippen molar-refractivity contribution in [2.45, 2.75) is 10.6 Å². The molecule has 0 spiro atoms. The van der Waals surface area contributed by atoms with Crippen LogP contribution in [-0.4, -0.2) is 23.4 Å². The topological polar surface area (TPSA) is 44.2 Å². The third kappa shape index (κ3) is 3.11. The van der Waals surface area contributed by atoms with Gasteiger partial charge in [0.2, 0.25) is 0 Å². The van der Waals surface area contributed by atoms with E-state index in [1.54, 1.807) is 17.8 Å². The van der Waals surface area contributed by atoms with Crippen molar-refractivity contribution in [3.05, 3.63) is 41.2 Å². The lowest BCUT2D eigenvalue weighted by atomic mass is 10.3. The van der Waals surface area contributed by atoms with Crippen LogP contribution in [0.2, 0.25) is 5.15 Å². The van der Waals surface area contributed by atoms with Crippen LogP contribution in [0.4, 0.5) is 0 Å². The fourth-order valence-corrected chi connectivity index (χ4v) is 2.62. The second-order valence-electron chi connectivity index (χ2n) is 3.94. The molecule has 1 aromatic carbocycles. The van der Waals surface area contributed by atoms with Crippen LogP contribution in [0.25, 0.3) is 0 Å². The van der Waals surface area contributed by atoms with E-state index < -0.39 is 0 Å². The van der Waals surface area contributed by atoms with E-state index in [0.717, 1.165) is 27.8 Å². The molecule has 2 aromatic rings. The van der Waals surface area contributed by atoms with Gasteiger partial charge in [0.25, 0.3) is 0 Å². The third-order valence-corrected chi connectivity index (χ3v) is 3.82. The zero-order valence-electron chi connectivity index (χ0n) is 10.0. The summed E-state index contributed by atoms with van der Waals surface area (Å²) in [5, 5.41) is 8.25. The summed E-state index contributed by atoms with van der Waals surface area (Å²) >= 11 is 7.37. The maximum Gasteiger partial charge on any atom is 0.162 e. The Bertz CT molecular complexity index is 577. The number of ether oxygens (including phenoxy) is 2. The van der Waals surface area contributed by atoms with E-state index in [2.05, 4.69) is 10.2 Å². The minimum absolute atomic E-state index is 0.410. The Labute approximate surface area is 120 Å². The van der Waals surface area contributed by atoms with Crippen LogP contribution < -0.4 is 9.47 Å². The first-order chi connectivity index (χ1) is 9.31. The van der Waals surface area contributed by atoms with Crippen molar-refractivity contribution >= 4 is 23.4 Å². The molecular weight excluding hydrogens is 284 g/mol. The van der Waals surface area contributed by atoms with Gasteiger partial charge in [-0.15, -0.1) is 16.9 Å². The SMILES string of the molecule is Clc1ccc(CSc2ccc3c(c2)OCCO3)nn1. The minimum atomic E-state index is 0.410. The fourth-order valence-electron chi connectivity index (χ4n) is 1.69. The summed E-state index contributed by atoms with van der Waals surface area (Å²) in [6.45, 7) is 1.21. The highest BCUT2D eigenvalue weighted by Crippen LogP contribution is 2.34. The summed E-state index contributed by atoms with van der Waals surface area (Å²) in [5.74, 6) is 2.35. The van der Waals surface area contributed by atoms with Crippen LogP contribution in [0.15, 0.2) is 35.2 Å². The van der Waals surface area contributed by atoms with E-state index in [0.29, 0.717) is 18.4 Å². The lowest BCUT2D eigenvalue weighted by Gasteiger charge is -2.18. The summed E-state index contributed by atoms with van der Waals surface area (Å²) in [4.78, 5) is 1.11. The largest absolute Gasteiger partial charge is 0.486 e. The molecule has 6 heteroatoms. The van der Waals surface area contributed by atoms with Gasteiger partial charge in [0.1, 0.15) is 13.2 Å². The number of hydrogen-bond donors (Lipinski definition) is 0. The van der Waals surface area contributed by atoms with Crippen LogP contribution in [0.5, 0.6) is 11.5 Å². The van der Waals surface area contributed by atoms with Gasteiger partial charge < -0.3 is 9.47 Å². The number of hydrogen-bond acceptors (Lipinski definition) is 5. The molecule has 0 unspecified atom stereocenters. The summed E-state index contributed by atoms with van der Waals surface area (Å²) in [6, 6.07) is 9.56. The summed E-state index contributed by atoms with van der Waals surface area (Å²) in [6.07, 6.45) is 0. The first kappa shape index (κ1) is 12.6. The van der Waals surface area contributed by atoms with Crippen molar-refractivity contribution in [3.63, 3.8) is 0 Å². The van der Waals surface area contributed by atoms with Gasteiger partial charge in [0.15, 0.2) is 16.7 Å². The Balaban J connectivity index is 1.68. The molecule has 0 radical (unpaired) electrons. The second kappa shape index (κ2) is 5.67. The summed E-state index contributed by atoms with van der Waals surface area (Å²) in [5.41, 5.74) is 0.893. The molecule has 3 rings (SSSR count). The quantitative estimate of drug-likeness (QED) is 0.814. The average molecular weight is 295 g/mol. The van der Waals surface area contributed by atoms with E-state index in [9.17, 15) is 0 Å². The first-order valence-corrected chi connectivity index (χ1v) is 7.18. The number of nitrogens with zero attached hydrogens (tertiary/aromatic N) is 2. The highest BCUT2D eigenvalue weighted by molar-refractivity contribution is 7.98. The molecule has 0 amide bonds. The zero-order valence-corrected chi connectivity index (χ0v) is 11.6. The molecule has 2 heterocycles. The number of aromatic nitrogens is 2. The molecule has 19 heavy (non-hydrogen) atoms. The number of benzene rings is 1. The molecule has 0 saturated carbocycles. The first-order valence-electron chi connectivity index (χ1n) is 5.82. The monoisotopic (exact) mass is 294 g/mol. The van der Waals surface area contributed by atoms with Crippen molar-refractivity contribution in [1.82, 2.24) is 10.2 Å². The Morgan fingerprint density at radius 3 is 2.68 bits per heavy atom. The molecule has 1 aromatic heterocycles. The Morgan fingerprint density at radius 1 is 1.05 bits per heavy atom. The summed E-state index contributed by atoms with van der Waals surface area (Å²) in [7, 11) is 0. The maximum atomic E-state index is 5.70. The molecule has 0 N–H and O–H groups in total. The number of thioether (sulfide) groups is 1.